The second kappa shape index (κ2) is 7.17. The molecule has 0 aliphatic carbocycles. The Morgan fingerprint density at radius 2 is 2.17 bits per heavy atom. The molecule has 0 aliphatic heterocycles. The first-order valence-electron chi connectivity index (χ1n) is 6.98. The maximum atomic E-state index is 12.4. The van der Waals surface area contributed by atoms with Crippen LogP contribution >= 0.6 is 45.8 Å². The number of thiophene rings is 2. The molecule has 10 heteroatoms. The van der Waals surface area contributed by atoms with Gasteiger partial charge < -0.3 is 11.1 Å². The highest BCUT2D eigenvalue weighted by atomic mass is 35.5. The molecule has 130 valence electrons. The van der Waals surface area contributed by atoms with E-state index in [1.54, 1.807) is 11.3 Å². The Kier molecular flexibility index (Phi) is 5.36. The molecule has 3 aromatic rings. The lowest BCUT2D eigenvalue weighted by molar-refractivity contribution is -0.138. The smallest absolute Gasteiger partial charge is 0.370 e. The number of anilines is 1. The molecule has 1 atom stereocenters. The number of aromatic nitrogens is 1. The van der Waals surface area contributed by atoms with Crippen LogP contribution in [0.25, 0.3) is 10.2 Å². The summed E-state index contributed by atoms with van der Waals surface area (Å²) in [5.41, 5.74) is 6.24. The molecule has 0 bridgehead atoms. The Morgan fingerprint density at radius 1 is 1.38 bits per heavy atom. The van der Waals surface area contributed by atoms with Gasteiger partial charge in [0.2, 0.25) is 0 Å². The molecule has 0 radical (unpaired) electrons. The van der Waals surface area contributed by atoms with E-state index < -0.39 is 18.6 Å². The van der Waals surface area contributed by atoms with E-state index in [1.807, 2.05) is 17.5 Å². The summed E-state index contributed by atoms with van der Waals surface area (Å²) < 4.78 is 42.5. The minimum atomic E-state index is -4.27. The van der Waals surface area contributed by atoms with E-state index in [0.717, 1.165) is 9.70 Å². The van der Waals surface area contributed by atoms with Gasteiger partial charge >= 0.3 is 6.18 Å². The van der Waals surface area contributed by atoms with Crippen molar-refractivity contribution in [3.8, 4) is 0 Å². The fraction of sp³-hybridized carbons (Fsp3) is 0.357. The third kappa shape index (κ3) is 4.20. The number of halogens is 4. The topological polar surface area (TPSA) is 50.9 Å². The predicted molar refractivity (Wildman–Crippen MR) is 96.5 cm³/mol. The van der Waals surface area contributed by atoms with E-state index in [9.17, 15) is 13.2 Å². The third-order valence-electron chi connectivity index (χ3n) is 3.27. The van der Waals surface area contributed by atoms with E-state index in [0.29, 0.717) is 22.0 Å². The summed E-state index contributed by atoms with van der Waals surface area (Å²) in [5, 5.41) is 6.60. The van der Waals surface area contributed by atoms with Gasteiger partial charge in [0.05, 0.1) is 22.7 Å². The Balaban J connectivity index is 1.75. The first-order chi connectivity index (χ1) is 11.3. The van der Waals surface area contributed by atoms with Crippen molar-refractivity contribution in [1.29, 1.82) is 0 Å². The number of hydrogen-bond acceptors (Lipinski definition) is 6. The number of rotatable bonds is 6. The van der Waals surface area contributed by atoms with Crippen molar-refractivity contribution in [2.24, 2.45) is 5.73 Å². The molecule has 0 spiro atoms. The highest BCUT2D eigenvalue weighted by Crippen LogP contribution is 2.42. The van der Waals surface area contributed by atoms with E-state index in [2.05, 4.69) is 9.69 Å². The van der Waals surface area contributed by atoms with Crippen molar-refractivity contribution in [3.05, 3.63) is 32.3 Å². The fourth-order valence-corrected chi connectivity index (χ4v) is 5.44. The van der Waals surface area contributed by atoms with Crippen LogP contribution in [0.2, 0.25) is 5.02 Å². The van der Waals surface area contributed by atoms with Gasteiger partial charge in [0.25, 0.3) is 0 Å². The second-order valence-corrected chi connectivity index (χ2v) is 8.53. The molecule has 0 fully saturated rings. The van der Waals surface area contributed by atoms with Crippen LogP contribution in [0.4, 0.5) is 18.2 Å². The number of nitrogens with two attached hydrogens (primary N) is 1. The summed E-state index contributed by atoms with van der Waals surface area (Å²) in [4.78, 5) is 1.84. The largest absolute Gasteiger partial charge is 0.390 e. The highest BCUT2D eigenvalue weighted by Gasteiger charge is 2.31. The van der Waals surface area contributed by atoms with E-state index in [1.165, 1.54) is 27.7 Å². The summed E-state index contributed by atoms with van der Waals surface area (Å²) in [6, 6.07) is 3.00. The number of alkyl halides is 3. The quantitative estimate of drug-likeness (QED) is 0.562. The normalized spacial score (nSPS) is 13.5. The Bertz CT molecular complexity index is 811. The van der Waals surface area contributed by atoms with Crippen LogP contribution < -0.4 is 11.1 Å². The molecule has 3 rings (SSSR count). The molecule has 0 saturated carbocycles. The molecule has 0 amide bonds. The number of fused-ring (bicyclic) bond motifs is 1. The molecular formula is C14H13ClF3N3S3. The van der Waals surface area contributed by atoms with Gasteiger partial charge in [0.15, 0.2) is 0 Å². The lowest BCUT2D eigenvalue weighted by Gasteiger charge is -2.13. The van der Waals surface area contributed by atoms with Crippen molar-refractivity contribution in [2.75, 3.05) is 5.32 Å². The third-order valence-corrected chi connectivity index (χ3v) is 6.82. The van der Waals surface area contributed by atoms with Crippen LogP contribution in [-0.4, -0.2) is 16.6 Å². The number of nitrogens with one attached hydrogen (secondary N) is 1. The van der Waals surface area contributed by atoms with Crippen molar-refractivity contribution in [3.63, 3.8) is 0 Å². The maximum absolute atomic E-state index is 12.4. The van der Waals surface area contributed by atoms with Crippen LogP contribution in [-0.2, 0) is 13.0 Å². The SMILES string of the molecule is N[C@H](Cc1sc2c(NCc3cccs3)snc2c1Cl)CC(F)(F)F. The number of nitrogens with zero attached hydrogens (tertiary/aromatic N) is 1. The highest BCUT2D eigenvalue weighted by molar-refractivity contribution is 7.25. The van der Waals surface area contributed by atoms with Crippen molar-refractivity contribution in [2.45, 2.75) is 31.6 Å². The molecule has 0 unspecified atom stereocenters. The zero-order chi connectivity index (χ0) is 17.3. The lowest BCUT2D eigenvalue weighted by Crippen LogP contribution is -2.29. The van der Waals surface area contributed by atoms with E-state index in [-0.39, 0.29) is 6.42 Å². The minimum Gasteiger partial charge on any atom is -0.370 e. The standard InChI is InChI=1S/C14H13ClF3N3S3/c15-10-9(4-7(19)5-14(16,17)18)23-12-11(10)21-24-13(12)20-6-8-2-1-3-22-8/h1-3,7,20H,4-6,19H2/t7-/m1/s1. The van der Waals surface area contributed by atoms with Gasteiger partial charge in [-0.15, -0.1) is 22.7 Å². The molecule has 0 aliphatic rings. The molecule has 3 heterocycles. The molecule has 0 saturated heterocycles. The van der Waals surface area contributed by atoms with Gasteiger partial charge in [-0.3, -0.25) is 0 Å². The molecule has 3 nitrogen and oxygen atoms in total. The molecule has 0 aromatic carbocycles. The van der Waals surface area contributed by atoms with Gasteiger partial charge in [-0.25, -0.2) is 0 Å². The van der Waals surface area contributed by atoms with Crippen LogP contribution in [0.3, 0.4) is 0 Å². The summed E-state index contributed by atoms with van der Waals surface area (Å²) in [6.07, 6.45) is -5.20. The van der Waals surface area contributed by atoms with Crippen LogP contribution in [0, 0.1) is 0 Å². The van der Waals surface area contributed by atoms with Gasteiger partial charge in [-0.2, -0.15) is 17.5 Å². The van der Waals surface area contributed by atoms with Crippen LogP contribution in [0.15, 0.2) is 17.5 Å². The lowest BCUT2D eigenvalue weighted by atomic mass is 10.1. The summed E-state index contributed by atoms with van der Waals surface area (Å²) >= 11 is 10.6. The summed E-state index contributed by atoms with van der Waals surface area (Å²) in [5.74, 6) is 0. The monoisotopic (exact) mass is 411 g/mol. The molecule has 3 N–H and O–H groups in total. The maximum Gasteiger partial charge on any atom is 0.390 e. The predicted octanol–water partition coefficient (Wildman–Crippen LogP) is 5.51. The number of hydrogen-bond donors (Lipinski definition) is 2. The van der Waals surface area contributed by atoms with Gasteiger partial charge in [0.1, 0.15) is 10.5 Å². The zero-order valence-electron chi connectivity index (χ0n) is 12.2. The first-order valence-corrected chi connectivity index (χ1v) is 9.83. The zero-order valence-corrected chi connectivity index (χ0v) is 15.4. The Morgan fingerprint density at radius 3 is 2.83 bits per heavy atom. The molecular weight excluding hydrogens is 399 g/mol. The second-order valence-electron chi connectivity index (χ2n) is 5.25. The average molecular weight is 412 g/mol. The van der Waals surface area contributed by atoms with Crippen molar-refractivity contribution in [1.82, 2.24) is 4.37 Å². The van der Waals surface area contributed by atoms with Crippen LogP contribution in [0.5, 0.6) is 0 Å². The van der Waals surface area contributed by atoms with E-state index in [4.69, 9.17) is 17.3 Å². The van der Waals surface area contributed by atoms with Crippen LogP contribution in [0.1, 0.15) is 16.2 Å². The average Bonchev–Trinajstić information content (AvgIpc) is 3.16. The summed E-state index contributed by atoms with van der Waals surface area (Å²) in [6.45, 7) is 0.674. The first kappa shape index (κ1) is 17.9. The van der Waals surface area contributed by atoms with E-state index >= 15 is 0 Å². The van der Waals surface area contributed by atoms with Gasteiger partial charge in [-0.1, -0.05) is 17.7 Å². The van der Waals surface area contributed by atoms with Crippen molar-refractivity contribution < 1.29 is 13.2 Å². The van der Waals surface area contributed by atoms with Gasteiger partial charge in [0, 0.05) is 15.8 Å². The minimum absolute atomic E-state index is 0.0917. The van der Waals surface area contributed by atoms with Gasteiger partial charge in [-0.05, 0) is 29.4 Å². The summed E-state index contributed by atoms with van der Waals surface area (Å²) in [7, 11) is 0. The molecule has 3 aromatic heterocycles. The Labute approximate surface area is 153 Å². The Hall–Kier alpha value is -0.870. The molecule has 24 heavy (non-hydrogen) atoms. The van der Waals surface area contributed by atoms with Crippen molar-refractivity contribution >= 4 is 61.0 Å². The fourth-order valence-electron chi connectivity index (χ4n) is 2.25.